The van der Waals surface area contributed by atoms with Crippen LogP contribution in [0.15, 0.2) is 146 Å². The largest absolute Gasteiger partial charge is 0.356 e. The highest BCUT2D eigenvalue weighted by Crippen LogP contribution is 2.37. The lowest BCUT2D eigenvalue weighted by atomic mass is 9.95. The molecule has 2 atom stereocenters. The van der Waals surface area contributed by atoms with Crippen LogP contribution in [0.2, 0.25) is 0 Å². The van der Waals surface area contributed by atoms with Gasteiger partial charge < -0.3 is 4.74 Å². The molecule has 168 valence electrons. The molecule has 0 bridgehead atoms. The van der Waals surface area contributed by atoms with Gasteiger partial charge >= 0.3 is 0 Å². The normalized spacial score (nSPS) is 13.0. The highest BCUT2D eigenvalue weighted by molar-refractivity contribution is 5.84. The Morgan fingerprint density at radius 3 is 1.11 bits per heavy atom. The van der Waals surface area contributed by atoms with Gasteiger partial charge in [-0.15, -0.1) is 0 Å². The summed E-state index contributed by atoms with van der Waals surface area (Å²) in [5.74, 6) is 0. The third-order valence-corrected chi connectivity index (χ3v) is 6.63. The zero-order valence-electron chi connectivity index (χ0n) is 19.4. The SMILES string of the molecule is c1ccc(C(OC(c2ccccc2)c2ccc3ccccc3c2)c2ccc3ccccc3c2)cc1. The predicted molar refractivity (Wildman–Crippen MR) is 146 cm³/mol. The van der Waals surface area contributed by atoms with Crippen LogP contribution in [-0.4, -0.2) is 0 Å². The Morgan fingerprint density at radius 1 is 0.314 bits per heavy atom. The zero-order valence-corrected chi connectivity index (χ0v) is 19.4. The van der Waals surface area contributed by atoms with Gasteiger partial charge in [0, 0.05) is 0 Å². The van der Waals surface area contributed by atoms with Gasteiger partial charge in [0.05, 0.1) is 0 Å². The minimum Gasteiger partial charge on any atom is -0.356 e. The summed E-state index contributed by atoms with van der Waals surface area (Å²) in [5.41, 5.74) is 4.59. The van der Waals surface area contributed by atoms with Crippen molar-refractivity contribution in [2.45, 2.75) is 12.2 Å². The molecule has 0 aromatic heterocycles. The average Bonchev–Trinajstić information content (AvgIpc) is 2.94. The van der Waals surface area contributed by atoms with E-state index in [0.29, 0.717) is 0 Å². The van der Waals surface area contributed by atoms with Crippen molar-refractivity contribution >= 4 is 21.5 Å². The first-order valence-corrected chi connectivity index (χ1v) is 12.1. The summed E-state index contributed by atoms with van der Waals surface area (Å²) in [6.07, 6.45) is -0.421. The van der Waals surface area contributed by atoms with Crippen LogP contribution in [0.25, 0.3) is 21.5 Å². The van der Waals surface area contributed by atoms with Crippen molar-refractivity contribution in [3.05, 3.63) is 168 Å². The number of hydrogen-bond acceptors (Lipinski definition) is 1. The van der Waals surface area contributed by atoms with Crippen molar-refractivity contribution < 1.29 is 4.74 Å². The quantitative estimate of drug-likeness (QED) is 0.246. The predicted octanol–water partition coefficient (Wildman–Crippen LogP) is 8.89. The molecular formula is C34H26O. The third-order valence-electron chi connectivity index (χ3n) is 6.63. The fourth-order valence-electron chi connectivity index (χ4n) is 4.83. The van der Waals surface area contributed by atoms with E-state index in [0.717, 1.165) is 22.3 Å². The second-order valence-corrected chi connectivity index (χ2v) is 8.93. The molecule has 35 heavy (non-hydrogen) atoms. The molecule has 0 spiro atoms. The lowest BCUT2D eigenvalue weighted by Gasteiger charge is -2.27. The number of ether oxygens (including phenoxy) is 1. The molecule has 0 aliphatic heterocycles. The van der Waals surface area contributed by atoms with Crippen LogP contribution in [0.4, 0.5) is 0 Å². The van der Waals surface area contributed by atoms with Crippen molar-refractivity contribution in [3.63, 3.8) is 0 Å². The van der Waals surface area contributed by atoms with Crippen molar-refractivity contribution in [2.75, 3.05) is 0 Å². The van der Waals surface area contributed by atoms with Crippen LogP contribution < -0.4 is 0 Å². The van der Waals surface area contributed by atoms with E-state index in [2.05, 4.69) is 146 Å². The molecule has 0 radical (unpaired) electrons. The fraction of sp³-hybridized carbons (Fsp3) is 0.0588. The molecule has 6 aromatic rings. The second-order valence-electron chi connectivity index (χ2n) is 8.93. The Morgan fingerprint density at radius 2 is 0.686 bits per heavy atom. The van der Waals surface area contributed by atoms with Gasteiger partial charge in [-0.1, -0.05) is 133 Å². The van der Waals surface area contributed by atoms with Gasteiger partial charge in [-0.2, -0.15) is 0 Å². The summed E-state index contributed by atoms with van der Waals surface area (Å²) < 4.78 is 7.09. The molecule has 0 saturated heterocycles. The molecule has 0 N–H and O–H groups in total. The standard InChI is InChI=1S/C34H26O/c1-3-13-27(14-4-1)33(31-21-19-25-11-7-9-17-29(25)23-31)35-34(28-15-5-2-6-16-28)32-22-20-26-12-8-10-18-30(26)24-32/h1-24,33-34H. The van der Waals surface area contributed by atoms with Gasteiger partial charge in [0.1, 0.15) is 12.2 Å². The van der Waals surface area contributed by atoms with Crippen molar-refractivity contribution in [3.8, 4) is 0 Å². The summed E-state index contributed by atoms with van der Waals surface area (Å²) in [6, 6.07) is 51.3. The van der Waals surface area contributed by atoms with E-state index in [1.165, 1.54) is 21.5 Å². The van der Waals surface area contributed by atoms with E-state index in [-0.39, 0.29) is 12.2 Å². The second kappa shape index (κ2) is 9.58. The molecule has 2 unspecified atom stereocenters. The van der Waals surface area contributed by atoms with Gasteiger partial charge in [0.2, 0.25) is 0 Å². The Balaban J connectivity index is 1.48. The van der Waals surface area contributed by atoms with E-state index in [4.69, 9.17) is 4.74 Å². The first kappa shape index (κ1) is 21.3. The highest BCUT2D eigenvalue weighted by Gasteiger charge is 2.23. The average molecular weight is 451 g/mol. The van der Waals surface area contributed by atoms with E-state index < -0.39 is 0 Å². The molecule has 6 rings (SSSR count). The van der Waals surface area contributed by atoms with E-state index in [9.17, 15) is 0 Å². The van der Waals surface area contributed by atoms with Crippen LogP contribution in [0.1, 0.15) is 34.5 Å². The monoisotopic (exact) mass is 450 g/mol. The molecular weight excluding hydrogens is 424 g/mol. The Bertz CT molecular complexity index is 1450. The molecule has 1 heteroatoms. The van der Waals surface area contributed by atoms with Gasteiger partial charge in [-0.05, 0) is 55.9 Å². The van der Waals surface area contributed by atoms with Crippen LogP contribution in [0, 0.1) is 0 Å². The Labute approximate surface area is 206 Å². The van der Waals surface area contributed by atoms with Crippen molar-refractivity contribution in [2.24, 2.45) is 0 Å². The first-order valence-electron chi connectivity index (χ1n) is 12.1. The van der Waals surface area contributed by atoms with E-state index in [1.807, 2.05) is 0 Å². The first-order chi connectivity index (χ1) is 17.3. The number of hydrogen-bond donors (Lipinski definition) is 0. The molecule has 1 nitrogen and oxygen atoms in total. The molecule has 0 amide bonds. The minimum absolute atomic E-state index is 0.211. The van der Waals surface area contributed by atoms with E-state index >= 15 is 0 Å². The van der Waals surface area contributed by atoms with Gasteiger partial charge in [-0.3, -0.25) is 0 Å². The lowest BCUT2D eigenvalue weighted by Crippen LogP contribution is -2.13. The number of rotatable bonds is 6. The maximum Gasteiger partial charge on any atom is 0.109 e. The van der Waals surface area contributed by atoms with E-state index in [1.54, 1.807) is 0 Å². The maximum absolute atomic E-state index is 7.09. The van der Waals surface area contributed by atoms with Crippen molar-refractivity contribution in [1.29, 1.82) is 0 Å². The minimum atomic E-state index is -0.211. The molecule has 0 heterocycles. The molecule has 6 aromatic carbocycles. The molecule has 0 aliphatic rings. The summed E-state index contributed by atoms with van der Waals surface area (Å²) in [7, 11) is 0. The van der Waals surface area contributed by atoms with Crippen LogP contribution in [0.5, 0.6) is 0 Å². The lowest BCUT2D eigenvalue weighted by molar-refractivity contribution is 0.0310. The van der Waals surface area contributed by atoms with Gasteiger partial charge in [0.25, 0.3) is 0 Å². The topological polar surface area (TPSA) is 9.23 Å². The summed E-state index contributed by atoms with van der Waals surface area (Å²) in [5, 5.41) is 4.90. The highest BCUT2D eigenvalue weighted by atomic mass is 16.5. The van der Waals surface area contributed by atoms with Crippen LogP contribution in [-0.2, 0) is 4.74 Å². The number of fused-ring (bicyclic) bond motifs is 2. The van der Waals surface area contributed by atoms with Crippen LogP contribution >= 0.6 is 0 Å². The summed E-state index contributed by atoms with van der Waals surface area (Å²) >= 11 is 0. The molecule has 0 aliphatic carbocycles. The maximum atomic E-state index is 7.09. The fourth-order valence-corrected chi connectivity index (χ4v) is 4.83. The van der Waals surface area contributed by atoms with Gasteiger partial charge in [-0.25, -0.2) is 0 Å². The third kappa shape index (κ3) is 4.47. The molecule has 0 saturated carbocycles. The smallest absolute Gasteiger partial charge is 0.109 e. The van der Waals surface area contributed by atoms with Crippen molar-refractivity contribution in [1.82, 2.24) is 0 Å². The molecule has 0 fully saturated rings. The Hall–Kier alpha value is -4.20. The number of benzene rings is 6. The summed E-state index contributed by atoms with van der Waals surface area (Å²) in [6.45, 7) is 0. The Kier molecular flexibility index (Phi) is 5.84. The summed E-state index contributed by atoms with van der Waals surface area (Å²) in [4.78, 5) is 0. The van der Waals surface area contributed by atoms with Gasteiger partial charge in [0.15, 0.2) is 0 Å². The van der Waals surface area contributed by atoms with Crippen LogP contribution in [0.3, 0.4) is 0 Å². The zero-order chi connectivity index (χ0) is 23.5.